The number of fused-ring (bicyclic) bond motifs is 1. The van der Waals surface area contributed by atoms with Gasteiger partial charge in [-0.1, -0.05) is 0 Å². The largest absolute Gasteiger partial charge is 0.509 e. The molecule has 11 nitrogen and oxygen atoms in total. The van der Waals surface area contributed by atoms with Crippen molar-refractivity contribution in [2.45, 2.75) is 49.8 Å². The van der Waals surface area contributed by atoms with Crippen molar-refractivity contribution >= 4 is 17.5 Å². The van der Waals surface area contributed by atoms with Crippen molar-refractivity contribution in [3.63, 3.8) is 0 Å². The van der Waals surface area contributed by atoms with Gasteiger partial charge in [-0.3, -0.25) is 0 Å². The standard InChI is InChI=1S/C17H19F2N5O6/c1-16(2,14(18)19)30-15(27)28-6-17(5-20)12(26)10(25)11(29-17)8-3-4-9-13(21)22-7-23-24(8)9/h3-4,7,10-12,14,25-26H,6H2,1-2H3,(H2,21,22,23)/t10-,11-,12-,17+/m0/s1. The van der Waals surface area contributed by atoms with Crippen LogP contribution in [0.15, 0.2) is 18.5 Å². The molecule has 162 valence electrons. The van der Waals surface area contributed by atoms with Gasteiger partial charge < -0.3 is 30.2 Å². The quantitative estimate of drug-likeness (QED) is 0.574. The summed E-state index contributed by atoms with van der Waals surface area (Å²) in [5, 5.41) is 34.5. The first-order valence-corrected chi connectivity index (χ1v) is 8.69. The molecule has 0 unspecified atom stereocenters. The number of aliphatic hydroxyl groups is 2. The number of alkyl halides is 2. The molecule has 0 amide bonds. The number of carbonyl (C=O) groups excluding carboxylic acids is 1. The highest BCUT2D eigenvalue weighted by Crippen LogP contribution is 2.40. The van der Waals surface area contributed by atoms with E-state index in [0.29, 0.717) is 5.52 Å². The fourth-order valence-corrected chi connectivity index (χ4v) is 2.93. The Hall–Kier alpha value is -3.08. The minimum atomic E-state index is -2.98. The Labute approximate surface area is 168 Å². The van der Waals surface area contributed by atoms with Crippen LogP contribution in [-0.4, -0.2) is 67.4 Å². The number of ether oxygens (including phenoxy) is 3. The van der Waals surface area contributed by atoms with Crippen molar-refractivity contribution in [2.75, 3.05) is 12.3 Å². The molecule has 1 aliphatic heterocycles. The van der Waals surface area contributed by atoms with Crippen molar-refractivity contribution in [1.82, 2.24) is 14.6 Å². The lowest BCUT2D eigenvalue weighted by Gasteiger charge is -2.26. The third-order valence-corrected chi connectivity index (χ3v) is 4.72. The van der Waals surface area contributed by atoms with Crippen LogP contribution in [-0.2, 0) is 14.2 Å². The first-order valence-electron chi connectivity index (χ1n) is 8.69. The van der Waals surface area contributed by atoms with Gasteiger partial charge in [-0.15, -0.1) is 0 Å². The molecule has 3 heterocycles. The van der Waals surface area contributed by atoms with Gasteiger partial charge in [-0.25, -0.2) is 23.1 Å². The van der Waals surface area contributed by atoms with Crippen molar-refractivity contribution in [3.05, 3.63) is 24.2 Å². The molecule has 1 saturated heterocycles. The van der Waals surface area contributed by atoms with E-state index in [2.05, 4.69) is 14.8 Å². The monoisotopic (exact) mass is 427 g/mol. The Balaban J connectivity index is 1.80. The summed E-state index contributed by atoms with van der Waals surface area (Å²) in [6.45, 7) is 1.08. The fourth-order valence-electron chi connectivity index (χ4n) is 2.93. The van der Waals surface area contributed by atoms with Gasteiger partial charge in [-0.2, -0.15) is 10.4 Å². The highest BCUT2D eigenvalue weighted by molar-refractivity contribution is 5.65. The highest BCUT2D eigenvalue weighted by Gasteiger charge is 2.57. The van der Waals surface area contributed by atoms with Gasteiger partial charge in [0, 0.05) is 0 Å². The third-order valence-electron chi connectivity index (χ3n) is 4.72. The van der Waals surface area contributed by atoms with Crippen LogP contribution in [0.3, 0.4) is 0 Å². The Bertz CT molecular complexity index is 993. The summed E-state index contributed by atoms with van der Waals surface area (Å²) in [6, 6.07) is 4.73. The minimum absolute atomic E-state index is 0.156. The number of halogens is 2. The van der Waals surface area contributed by atoms with Gasteiger partial charge in [0.1, 0.15) is 42.8 Å². The molecule has 1 fully saturated rings. The predicted molar refractivity (Wildman–Crippen MR) is 94.1 cm³/mol. The number of hydrogen-bond acceptors (Lipinski definition) is 10. The van der Waals surface area contributed by atoms with Gasteiger partial charge in [0.25, 0.3) is 6.43 Å². The van der Waals surface area contributed by atoms with Gasteiger partial charge >= 0.3 is 6.16 Å². The lowest BCUT2D eigenvalue weighted by Crippen LogP contribution is -2.47. The first kappa shape index (κ1) is 21.6. The second kappa shape index (κ2) is 7.63. The predicted octanol–water partition coefficient (Wildman–Crippen LogP) is 0.564. The smallest absolute Gasteiger partial charge is 0.430 e. The van der Waals surface area contributed by atoms with Gasteiger partial charge in [0.15, 0.2) is 11.4 Å². The van der Waals surface area contributed by atoms with Crippen molar-refractivity contribution in [2.24, 2.45) is 0 Å². The summed E-state index contributed by atoms with van der Waals surface area (Å²) in [6.07, 6.45) is -7.94. The second-order valence-corrected chi connectivity index (χ2v) is 7.22. The zero-order chi connectivity index (χ0) is 22.3. The molecule has 0 aromatic carbocycles. The zero-order valence-corrected chi connectivity index (χ0v) is 15.9. The van der Waals surface area contributed by atoms with Crippen LogP contribution in [0.5, 0.6) is 0 Å². The van der Waals surface area contributed by atoms with Gasteiger partial charge in [0.2, 0.25) is 5.60 Å². The summed E-state index contributed by atoms with van der Waals surface area (Å²) < 4.78 is 41.8. The summed E-state index contributed by atoms with van der Waals surface area (Å²) in [5.41, 5.74) is 2.11. The van der Waals surface area contributed by atoms with Crippen LogP contribution in [0.25, 0.3) is 5.52 Å². The van der Waals surface area contributed by atoms with Gasteiger partial charge in [-0.05, 0) is 26.0 Å². The van der Waals surface area contributed by atoms with Crippen LogP contribution in [0.2, 0.25) is 0 Å². The van der Waals surface area contributed by atoms with E-state index in [9.17, 15) is 29.1 Å². The van der Waals surface area contributed by atoms with E-state index in [1.807, 2.05) is 0 Å². The molecule has 4 N–H and O–H groups in total. The molecule has 0 radical (unpaired) electrons. The summed E-state index contributed by atoms with van der Waals surface area (Å²) in [5.74, 6) is 0.156. The SMILES string of the molecule is CC(C)(OC(=O)OC[C@@]1(C#N)O[C@@H](c2ccc3c(N)ncnn23)[C@H](O)[C@@H]1O)C(F)F. The van der Waals surface area contributed by atoms with Crippen molar-refractivity contribution in [1.29, 1.82) is 5.26 Å². The van der Waals surface area contributed by atoms with Crippen molar-refractivity contribution in [3.8, 4) is 6.07 Å². The number of nitrogens with zero attached hydrogens (tertiary/aromatic N) is 4. The van der Waals surface area contributed by atoms with E-state index in [-0.39, 0.29) is 11.5 Å². The number of aromatic nitrogens is 3. The molecule has 2 aromatic rings. The molecule has 0 saturated carbocycles. The maximum absolute atomic E-state index is 12.8. The van der Waals surface area contributed by atoms with Crippen LogP contribution in [0.1, 0.15) is 25.6 Å². The second-order valence-electron chi connectivity index (χ2n) is 7.22. The number of anilines is 1. The summed E-state index contributed by atoms with van der Waals surface area (Å²) in [4.78, 5) is 15.6. The molecule has 0 spiro atoms. The number of nitrogens with two attached hydrogens (primary N) is 1. The summed E-state index contributed by atoms with van der Waals surface area (Å²) >= 11 is 0. The van der Waals surface area contributed by atoms with Crippen LogP contribution < -0.4 is 5.73 Å². The van der Waals surface area contributed by atoms with Gasteiger partial charge in [0.05, 0.1) is 5.69 Å². The molecule has 1 aliphatic rings. The fraction of sp³-hybridized carbons (Fsp3) is 0.529. The highest BCUT2D eigenvalue weighted by atomic mass is 19.3. The maximum atomic E-state index is 12.8. The van der Waals surface area contributed by atoms with E-state index in [4.69, 9.17) is 15.2 Å². The third kappa shape index (κ3) is 3.60. The normalized spacial score (nSPS) is 26.7. The van der Waals surface area contributed by atoms with E-state index >= 15 is 0 Å². The molecule has 0 bridgehead atoms. The first-order chi connectivity index (χ1) is 14.0. The van der Waals surface area contributed by atoms with Crippen LogP contribution in [0.4, 0.5) is 19.4 Å². The zero-order valence-electron chi connectivity index (χ0n) is 15.9. The minimum Gasteiger partial charge on any atom is -0.430 e. The Morgan fingerprint density at radius 1 is 1.50 bits per heavy atom. The molecule has 0 aliphatic carbocycles. The number of carbonyl (C=O) groups is 1. The summed E-state index contributed by atoms with van der Waals surface area (Å²) in [7, 11) is 0. The molecule has 13 heteroatoms. The van der Waals surface area contributed by atoms with Crippen LogP contribution in [0, 0.1) is 11.3 Å². The molecule has 2 aromatic heterocycles. The number of aliphatic hydroxyl groups excluding tert-OH is 2. The van der Waals surface area contributed by atoms with E-state index in [1.165, 1.54) is 16.9 Å². The van der Waals surface area contributed by atoms with E-state index in [0.717, 1.165) is 13.8 Å². The number of nitriles is 1. The Morgan fingerprint density at radius 3 is 2.83 bits per heavy atom. The topological polar surface area (TPSA) is 165 Å². The van der Waals surface area contributed by atoms with E-state index in [1.54, 1.807) is 12.1 Å². The average molecular weight is 427 g/mol. The number of hydrogen-bond donors (Lipinski definition) is 3. The molecular formula is C17H19F2N5O6. The molecule has 3 rings (SSSR count). The number of nitrogen functional groups attached to an aromatic ring is 1. The lowest BCUT2D eigenvalue weighted by atomic mass is 9.96. The van der Waals surface area contributed by atoms with E-state index < -0.39 is 48.7 Å². The Kier molecular flexibility index (Phi) is 5.50. The average Bonchev–Trinajstić information content (AvgIpc) is 3.22. The molecular weight excluding hydrogens is 408 g/mol. The molecule has 30 heavy (non-hydrogen) atoms. The van der Waals surface area contributed by atoms with Crippen molar-refractivity contribution < 1.29 is 38.0 Å². The lowest BCUT2D eigenvalue weighted by molar-refractivity contribution is -0.120. The Morgan fingerprint density at radius 2 is 2.20 bits per heavy atom. The molecule has 4 atom stereocenters. The number of rotatable bonds is 5. The maximum Gasteiger partial charge on any atom is 0.509 e. The van der Waals surface area contributed by atoms with Crippen LogP contribution >= 0.6 is 0 Å².